The van der Waals surface area contributed by atoms with Crippen LogP contribution in [0.1, 0.15) is 30.4 Å². The number of thioether (sulfide) groups is 1. The zero-order chi connectivity index (χ0) is 21.3. The molecule has 6 nitrogen and oxygen atoms in total. The number of anilines is 1. The molecule has 2 fully saturated rings. The summed E-state index contributed by atoms with van der Waals surface area (Å²) in [7, 11) is 1.62. The van der Waals surface area contributed by atoms with Crippen molar-refractivity contribution in [3.63, 3.8) is 0 Å². The first-order chi connectivity index (χ1) is 14.4. The number of carbonyl (C=O) groups excluding carboxylic acids is 2. The molecule has 0 bridgehead atoms. The van der Waals surface area contributed by atoms with E-state index >= 15 is 0 Å². The van der Waals surface area contributed by atoms with E-state index in [2.05, 4.69) is 10.3 Å². The van der Waals surface area contributed by atoms with Crippen LogP contribution in [0.15, 0.2) is 47.5 Å². The fourth-order valence-electron chi connectivity index (χ4n) is 3.45. The molecule has 1 saturated carbocycles. The van der Waals surface area contributed by atoms with Gasteiger partial charge in [0, 0.05) is 18.2 Å². The number of rotatable bonds is 6. The van der Waals surface area contributed by atoms with Gasteiger partial charge in [-0.1, -0.05) is 29.5 Å². The monoisotopic (exact) mass is 423 g/mol. The minimum atomic E-state index is -0.451. The molecule has 1 N–H and O–H groups in total. The lowest BCUT2D eigenvalue weighted by Crippen LogP contribution is -2.35. The van der Waals surface area contributed by atoms with Gasteiger partial charge in [-0.05, 0) is 62.6 Å². The molecular formula is C23H25N3O3S. The molecule has 1 heterocycles. The summed E-state index contributed by atoms with van der Waals surface area (Å²) in [5.41, 5.74) is 3.70. The average Bonchev–Trinajstić information content (AvgIpc) is 3.50. The summed E-state index contributed by atoms with van der Waals surface area (Å²) in [6.45, 7) is 3.98. The molecule has 1 aliphatic heterocycles. The Morgan fingerprint density at radius 3 is 2.57 bits per heavy atom. The Kier molecular flexibility index (Phi) is 5.81. The molecule has 2 aromatic carbocycles. The number of amidine groups is 1. The van der Waals surface area contributed by atoms with Crippen molar-refractivity contribution in [1.82, 2.24) is 4.90 Å². The fraction of sp³-hybridized carbons (Fsp3) is 0.348. The van der Waals surface area contributed by atoms with Crippen molar-refractivity contribution in [2.75, 3.05) is 12.4 Å². The number of nitrogens with zero attached hydrogens (tertiary/aromatic N) is 2. The van der Waals surface area contributed by atoms with Gasteiger partial charge in [0.05, 0.1) is 12.8 Å². The van der Waals surface area contributed by atoms with Crippen molar-refractivity contribution in [2.45, 2.75) is 44.4 Å². The predicted molar refractivity (Wildman–Crippen MR) is 120 cm³/mol. The Morgan fingerprint density at radius 2 is 1.93 bits per heavy atom. The van der Waals surface area contributed by atoms with E-state index in [0.717, 1.165) is 41.1 Å². The van der Waals surface area contributed by atoms with Crippen LogP contribution in [0.3, 0.4) is 0 Å². The molecule has 156 valence electrons. The summed E-state index contributed by atoms with van der Waals surface area (Å²) in [6.07, 6.45) is 2.09. The van der Waals surface area contributed by atoms with Crippen LogP contribution in [-0.4, -0.2) is 40.3 Å². The zero-order valence-corrected chi connectivity index (χ0v) is 18.2. The summed E-state index contributed by atoms with van der Waals surface area (Å²) >= 11 is 1.38. The number of benzene rings is 2. The topological polar surface area (TPSA) is 71.0 Å². The highest BCUT2D eigenvalue weighted by molar-refractivity contribution is 8.15. The lowest BCUT2D eigenvalue weighted by Gasteiger charge is -2.15. The molecule has 7 heteroatoms. The third-order valence-electron chi connectivity index (χ3n) is 5.20. The SMILES string of the molecule is COc1ccc(N=C2S[C@@H](CC(=O)Nc3ccc(C)cc3C)C(=O)N2C2CC2)cc1. The van der Waals surface area contributed by atoms with Crippen LogP contribution in [0.4, 0.5) is 11.4 Å². The summed E-state index contributed by atoms with van der Waals surface area (Å²) < 4.78 is 5.19. The molecule has 1 saturated heterocycles. The van der Waals surface area contributed by atoms with Crippen LogP contribution in [0.25, 0.3) is 0 Å². The normalized spacial score (nSPS) is 20.0. The first-order valence-corrected chi connectivity index (χ1v) is 10.9. The molecule has 0 aromatic heterocycles. The van der Waals surface area contributed by atoms with Gasteiger partial charge in [-0.15, -0.1) is 0 Å². The Bertz CT molecular complexity index is 999. The van der Waals surface area contributed by atoms with Gasteiger partial charge in [0.2, 0.25) is 11.8 Å². The maximum atomic E-state index is 13.0. The minimum absolute atomic E-state index is 0.0226. The second kappa shape index (κ2) is 8.52. The number of carbonyl (C=O) groups is 2. The number of ether oxygens (including phenoxy) is 1. The van der Waals surface area contributed by atoms with E-state index in [9.17, 15) is 9.59 Å². The number of aliphatic imine (C=N–C) groups is 1. The largest absolute Gasteiger partial charge is 0.497 e. The summed E-state index contributed by atoms with van der Waals surface area (Å²) in [6, 6.07) is 13.5. The number of hydrogen-bond acceptors (Lipinski definition) is 5. The Labute approximate surface area is 180 Å². The fourth-order valence-corrected chi connectivity index (χ4v) is 4.67. The molecule has 0 unspecified atom stereocenters. The van der Waals surface area contributed by atoms with E-state index in [0.29, 0.717) is 5.17 Å². The first kappa shape index (κ1) is 20.5. The number of aryl methyl sites for hydroxylation is 2. The molecule has 2 aliphatic rings. The second-order valence-electron chi connectivity index (χ2n) is 7.71. The smallest absolute Gasteiger partial charge is 0.242 e. The first-order valence-electron chi connectivity index (χ1n) is 10.0. The van der Waals surface area contributed by atoms with Crippen LogP contribution in [0.2, 0.25) is 0 Å². The van der Waals surface area contributed by atoms with Crippen molar-refractivity contribution < 1.29 is 14.3 Å². The van der Waals surface area contributed by atoms with Gasteiger partial charge in [-0.2, -0.15) is 0 Å². The highest BCUT2D eigenvalue weighted by atomic mass is 32.2. The summed E-state index contributed by atoms with van der Waals surface area (Å²) in [4.78, 5) is 32.1. The van der Waals surface area contributed by atoms with Crippen molar-refractivity contribution in [2.24, 2.45) is 4.99 Å². The van der Waals surface area contributed by atoms with Gasteiger partial charge in [-0.25, -0.2) is 4.99 Å². The molecule has 1 aliphatic carbocycles. The van der Waals surface area contributed by atoms with E-state index in [1.54, 1.807) is 12.0 Å². The van der Waals surface area contributed by atoms with E-state index < -0.39 is 5.25 Å². The lowest BCUT2D eigenvalue weighted by atomic mass is 10.1. The molecule has 0 radical (unpaired) electrons. The number of hydrogen-bond donors (Lipinski definition) is 1. The lowest BCUT2D eigenvalue weighted by molar-refractivity contribution is -0.128. The molecular weight excluding hydrogens is 398 g/mol. The summed E-state index contributed by atoms with van der Waals surface area (Å²) in [5, 5.41) is 3.17. The predicted octanol–water partition coefficient (Wildman–Crippen LogP) is 4.43. The van der Waals surface area contributed by atoms with Gasteiger partial charge in [-0.3, -0.25) is 14.5 Å². The number of nitrogens with one attached hydrogen (secondary N) is 1. The van der Waals surface area contributed by atoms with Gasteiger partial charge in [0.1, 0.15) is 11.0 Å². The van der Waals surface area contributed by atoms with E-state index in [1.807, 2.05) is 56.3 Å². The van der Waals surface area contributed by atoms with Gasteiger partial charge in [0.15, 0.2) is 5.17 Å². The average molecular weight is 424 g/mol. The molecule has 2 amide bonds. The molecule has 0 spiro atoms. The molecule has 30 heavy (non-hydrogen) atoms. The van der Waals surface area contributed by atoms with Gasteiger partial charge < -0.3 is 10.1 Å². The maximum absolute atomic E-state index is 13.0. The number of methoxy groups -OCH3 is 1. The van der Waals surface area contributed by atoms with E-state index in [-0.39, 0.29) is 24.3 Å². The third-order valence-corrected chi connectivity index (χ3v) is 6.35. The standard InChI is InChI=1S/C23H25N3O3S/c1-14-4-11-19(15(2)12-14)25-21(27)13-20-22(28)26(17-7-8-17)23(30-20)24-16-5-9-18(29-3)10-6-16/h4-6,9-12,17,20H,7-8,13H2,1-3H3,(H,25,27)/t20-/m0/s1. The molecule has 1 atom stereocenters. The van der Waals surface area contributed by atoms with Crippen LogP contribution < -0.4 is 10.1 Å². The Morgan fingerprint density at radius 1 is 1.20 bits per heavy atom. The van der Waals surface area contributed by atoms with Crippen LogP contribution >= 0.6 is 11.8 Å². The van der Waals surface area contributed by atoms with E-state index in [1.165, 1.54) is 11.8 Å². The Balaban J connectivity index is 1.48. The van der Waals surface area contributed by atoms with Crippen LogP contribution in [0.5, 0.6) is 5.75 Å². The van der Waals surface area contributed by atoms with Crippen molar-refractivity contribution in [3.8, 4) is 5.75 Å². The minimum Gasteiger partial charge on any atom is -0.497 e. The zero-order valence-electron chi connectivity index (χ0n) is 17.3. The number of amides is 2. The summed E-state index contributed by atoms with van der Waals surface area (Å²) in [5.74, 6) is 0.578. The van der Waals surface area contributed by atoms with E-state index in [4.69, 9.17) is 4.74 Å². The van der Waals surface area contributed by atoms with Gasteiger partial charge in [0.25, 0.3) is 0 Å². The maximum Gasteiger partial charge on any atom is 0.242 e. The second-order valence-corrected chi connectivity index (χ2v) is 8.88. The van der Waals surface area contributed by atoms with Crippen molar-refractivity contribution >= 4 is 40.1 Å². The third kappa shape index (κ3) is 4.51. The van der Waals surface area contributed by atoms with Gasteiger partial charge >= 0.3 is 0 Å². The van der Waals surface area contributed by atoms with Crippen molar-refractivity contribution in [3.05, 3.63) is 53.6 Å². The van der Waals surface area contributed by atoms with Crippen molar-refractivity contribution in [1.29, 1.82) is 0 Å². The Hall–Kier alpha value is -2.80. The quantitative estimate of drug-likeness (QED) is 0.746. The highest BCUT2D eigenvalue weighted by Crippen LogP contribution is 2.39. The highest BCUT2D eigenvalue weighted by Gasteiger charge is 2.46. The van der Waals surface area contributed by atoms with Crippen LogP contribution in [-0.2, 0) is 9.59 Å². The molecule has 4 rings (SSSR count). The molecule has 2 aromatic rings. The van der Waals surface area contributed by atoms with Crippen LogP contribution in [0, 0.1) is 13.8 Å².